The van der Waals surface area contributed by atoms with Crippen LogP contribution in [-0.4, -0.2) is 0 Å². The maximum atomic E-state index is 5.10. The topological polar surface area (TPSA) is 14.1 Å². The van der Waals surface area contributed by atoms with Gasteiger partial charge < -0.3 is 0 Å². The first-order valence-corrected chi connectivity index (χ1v) is 9.44. The van der Waals surface area contributed by atoms with Gasteiger partial charge in [-0.15, -0.1) is 0 Å². The molecule has 21 heavy (non-hydrogen) atoms. The summed E-state index contributed by atoms with van der Waals surface area (Å²) in [7, 11) is 0. The van der Waals surface area contributed by atoms with Crippen molar-refractivity contribution in [3.8, 4) is 0 Å². The molecule has 0 amide bonds. The van der Waals surface area contributed by atoms with Gasteiger partial charge in [0.25, 0.3) is 0 Å². The van der Waals surface area contributed by atoms with E-state index in [2.05, 4.69) is 13.0 Å². The monoisotopic (exact) mass is 286 g/mol. The minimum atomic E-state index is 0.349. The van der Waals surface area contributed by atoms with E-state index >= 15 is 0 Å². The Morgan fingerprint density at radius 1 is 0.762 bits per heavy atom. The van der Waals surface area contributed by atoms with Crippen molar-refractivity contribution in [2.24, 2.45) is 5.41 Å². The average Bonchev–Trinajstić information content (AvgIpc) is 2.91. The van der Waals surface area contributed by atoms with Gasteiger partial charge in [0.2, 0.25) is 0 Å². The van der Waals surface area contributed by atoms with Crippen LogP contribution >= 0.6 is 0 Å². The molecule has 0 aromatic rings. The van der Waals surface area contributed by atoms with Crippen LogP contribution in [0.25, 0.3) is 0 Å². The van der Waals surface area contributed by atoms with E-state index in [1.54, 1.807) is 5.57 Å². The van der Waals surface area contributed by atoms with Gasteiger partial charge in [-0.05, 0) is 50.2 Å². The van der Waals surface area contributed by atoms with Crippen molar-refractivity contribution in [3.63, 3.8) is 0 Å². The largest absolute Gasteiger partial charge is 0.257 e. The number of allylic oxidation sites excluding steroid dienone is 4. The van der Waals surface area contributed by atoms with Gasteiger partial charge in [-0.25, -0.2) is 0 Å². The molecule has 1 heterocycles. The highest BCUT2D eigenvalue weighted by molar-refractivity contribution is 5.40. The summed E-state index contributed by atoms with van der Waals surface area (Å²) in [6.45, 7) is 2.50. The summed E-state index contributed by atoms with van der Waals surface area (Å²) in [5.41, 5.74) is 4.80. The molecule has 0 spiro atoms. The van der Waals surface area contributed by atoms with E-state index in [4.69, 9.17) is 5.32 Å². The molecule has 117 valence electrons. The number of nitrogens with zero attached hydrogens (tertiary/aromatic N) is 1. The third kappa shape index (κ3) is 3.73. The van der Waals surface area contributed by atoms with Crippen LogP contribution in [0.3, 0.4) is 0 Å². The van der Waals surface area contributed by atoms with E-state index in [-0.39, 0.29) is 0 Å². The second-order valence-electron chi connectivity index (χ2n) is 7.71. The highest BCUT2D eigenvalue weighted by Crippen LogP contribution is 2.43. The van der Waals surface area contributed by atoms with Crippen molar-refractivity contribution in [1.29, 1.82) is 0 Å². The van der Waals surface area contributed by atoms with Crippen LogP contribution in [0.1, 0.15) is 96.8 Å². The zero-order valence-electron chi connectivity index (χ0n) is 13.9. The van der Waals surface area contributed by atoms with E-state index in [9.17, 15) is 0 Å². The fraction of sp³-hybridized carbons (Fsp3) is 0.800. The summed E-state index contributed by atoms with van der Waals surface area (Å²) in [5, 5.41) is 5.10. The van der Waals surface area contributed by atoms with E-state index in [0.29, 0.717) is 5.41 Å². The third-order valence-electron chi connectivity index (χ3n) is 5.87. The highest BCUT2D eigenvalue weighted by Gasteiger charge is 2.33. The average molecular weight is 286 g/mol. The Bertz CT molecular complexity index is 404. The van der Waals surface area contributed by atoms with Crippen LogP contribution in [0, 0.1) is 5.41 Å². The van der Waals surface area contributed by atoms with Gasteiger partial charge >= 0.3 is 0 Å². The second-order valence-corrected chi connectivity index (χ2v) is 7.71. The molecule has 0 atom stereocenters. The SMILES string of the molecule is CC1(C2=CC3=C(CCCC3)[N]2)CCCCCCCCCC1. The van der Waals surface area contributed by atoms with Gasteiger partial charge in [0.05, 0.1) is 0 Å². The van der Waals surface area contributed by atoms with Gasteiger partial charge in [-0.1, -0.05) is 58.3 Å². The summed E-state index contributed by atoms with van der Waals surface area (Å²) in [4.78, 5) is 0. The predicted octanol–water partition coefficient (Wildman–Crippen LogP) is 6.24. The van der Waals surface area contributed by atoms with Crippen molar-refractivity contribution in [2.45, 2.75) is 96.8 Å². The van der Waals surface area contributed by atoms with Crippen LogP contribution in [0.4, 0.5) is 0 Å². The van der Waals surface area contributed by atoms with Gasteiger partial charge in [0.15, 0.2) is 0 Å². The Hall–Kier alpha value is -0.720. The molecule has 0 N–H and O–H groups in total. The summed E-state index contributed by atoms with van der Waals surface area (Å²) in [6.07, 6.45) is 21.9. The Labute approximate surface area is 131 Å². The van der Waals surface area contributed by atoms with Crippen molar-refractivity contribution in [3.05, 3.63) is 23.0 Å². The summed E-state index contributed by atoms with van der Waals surface area (Å²) in [6, 6.07) is 0. The maximum absolute atomic E-state index is 5.10. The second kappa shape index (κ2) is 7.03. The normalized spacial score (nSPS) is 27.4. The number of hydrogen-bond acceptors (Lipinski definition) is 0. The van der Waals surface area contributed by atoms with E-state index < -0.39 is 0 Å². The molecule has 0 aromatic heterocycles. The minimum Gasteiger partial charge on any atom is -0.257 e. The Balaban J connectivity index is 1.68. The lowest BCUT2D eigenvalue weighted by Gasteiger charge is -2.31. The van der Waals surface area contributed by atoms with Crippen LogP contribution in [-0.2, 0) is 0 Å². The third-order valence-corrected chi connectivity index (χ3v) is 5.87. The maximum Gasteiger partial charge on any atom is 0.0469 e. The highest BCUT2D eigenvalue weighted by atomic mass is 14.9. The Morgan fingerprint density at radius 3 is 1.95 bits per heavy atom. The molecule has 1 fully saturated rings. The molecule has 0 aromatic carbocycles. The van der Waals surface area contributed by atoms with Gasteiger partial charge in [0, 0.05) is 16.8 Å². The summed E-state index contributed by atoms with van der Waals surface area (Å²) < 4.78 is 0. The zero-order valence-corrected chi connectivity index (χ0v) is 13.9. The van der Waals surface area contributed by atoms with Crippen molar-refractivity contribution in [2.75, 3.05) is 0 Å². The van der Waals surface area contributed by atoms with Gasteiger partial charge in [-0.3, -0.25) is 5.32 Å². The first-order chi connectivity index (χ1) is 10.3. The van der Waals surface area contributed by atoms with Crippen molar-refractivity contribution >= 4 is 0 Å². The van der Waals surface area contributed by atoms with Crippen LogP contribution in [0.2, 0.25) is 0 Å². The lowest BCUT2D eigenvalue weighted by molar-refractivity contribution is 0.298. The first-order valence-electron chi connectivity index (χ1n) is 9.44. The molecule has 1 nitrogen and oxygen atoms in total. The fourth-order valence-corrected chi connectivity index (χ4v) is 4.32. The van der Waals surface area contributed by atoms with E-state index in [0.717, 1.165) is 0 Å². The van der Waals surface area contributed by atoms with Crippen molar-refractivity contribution in [1.82, 2.24) is 5.32 Å². The molecule has 3 rings (SSSR count). The molecular weight excluding hydrogens is 254 g/mol. The number of rotatable bonds is 1. The Kier molecular flexibility index (Phi) is 5.08. The molecule has 0 saturated heterocycles. The van der Waals surface area contributed by atoms with E-state index in [1.165, 1.54) is 101 Å². The van der Waals surface area contributed by atoms with Gasteiger partial charge in [0.1, 0.15) is 0 Å². The lowest BCUT2D eigenvalue weighted by atomic mass is 9.77. The predicted molar refractivity (Wildman–Crippen MR) is 90.0 cm³/mol. The fourth-order valence-electron chi connectivity index (χ4n) is 4.32. The minimum absolute atomic E-state index is 0.349. The molecule has 3 aliphatic rings. The zero-order chi connectivity index (χ0) is 14.5. The molecule has 1 heteroatoms. The molecule has 0 unspecified atom stereocenters. The van der Waals surface area contributed by atoms with Crippen LogP contribution in [0.5, 0.6) is 0 Å². The molecule has 0 bridgehead atoms. The smallest absolute Gasteiger partial charge is 0.0469 e. The molecule has 2 aliphatic carbocycles. The quantitative estimate of drug-likeness (QED) is 0.542. The van der Waals surface area contributed by atoms with Crippen molar-refractivity contribution < 1.29 is 0 Å². The molecule has 1 aliphatic heterocycles. The standard InChI is InChI=1S/C20H32N/c1-20(14-10-6-4-2-3-5-7-11-15-20)19-16-17-12-8-9-13-18(17)21-19/h16H,2-15H2,1H3. The van der Waals surface area contributed by atoms with Crippen LogP contribution in [0.15, 0.2) is 23.0 Å². The lowest BCUT2D eigenvalue weighted by Crippen LogP contribution is -2.24. The molecular formula is C20H32N. The summed E-state index contributed by atoms with van der Waals surface area (Å²) >= 11 is 0. The Morgan fingerprint density at radius 2 is 1.33 bits per heavy atom. The van der Waals surface area contributed by atoms with E-state index in [1.807, 2.05) is 0 Å². The molecule has 1 radical (unpaired) electrons. The summed E-state index contributed by atoms with van der Waals surface area (Å²) in [5.74, 6) is 0. The number of hydrogen-bond donors (Lipinski definition) is 0. The first kappa shape index (κ1) is 15.2. The van der Waals surface area contributed by atoms with Gasteiger partial charge in [-0.2, -0.15) is 0 Å². The van der Waals surface area contributed by atoms with Crippen LogP contribution < -0.4 is 5.32 Å². The molecule has 1 saturated carbocycles.